The summed E-state index contributed by atoms with van der Waals surface area (Å²) in [5.41, 5.74) is 2.05. The predicted octanol–water partition coefficient (Wildman–Crippen LogP) is 4.08. The van der Waals surface area contributed by atoms with Gasteiger partial charge in [0.15, 0.2) is 0 Å². The molecule has 5 nitrogen and oxygen atoms in total. The van der Waals surface area contributed by atoms with Crippen molar-refractivity contribution in [1.29, 1.82) is 0 Å². The summed E-state index contributed by atoms with van der Waals surface area (Å²) in [7, 11) is 0. The van der Waals surface area contributed by atoms with Gasteiger partial charge in [-0.1, -0.05) is 32.4 Å². The molecule has 2 aromatic rings. The van der Waals surface area contributed by atoms with Gasteiger partial charge in [-0.3, -0.25) is 9.78 Å². The van der Waals surface area contributed by atoms with Gasteiger partial charge in [0, 0.05) is 10.7 Å². The second-order valence-electron chi connectivity index (χ2n) is 7.55. The number of halogens is 1. The van der Waals surface area contributed by atoms with Crippen LogP contribution in [0.1, 0.15) is 49.4 Å². The number of hydrogen-bond donors (Lipinski definition) is 2. The highest BCUT2D eigenvalue weighted by molar-refractivity contribution is 6.30. The molecule has 2 heterocycles. The standard InChI is InChI=1S/C19H23ClN4O/c1-19(2,3)12-8-15(22-9-12)16-10-21-11-17(24-16)18(25)23-14-6-4-13(20)5-7-14/h4-7,10-12,15,22H,8-9H2,1-3H3,(H,23,25)/t12-,15?/m0/s1. The summed E-state index contributed by atoms with van der Waals surface area (Å²) in [6, 6.07) is 7.11. The van der Waals surface area contributed by atoms with Gasteiger partial charge in [-0.05, 0) is 48.6 Å². The Hall–Kier alpha value is -1.98. The molecular formula is C19H23ClN4O. The van der Waals surface area contributed by atoms with Crippen LogP contribution in [0.25, 0.3) is 0 Å². The van der Waals surface area contributed by atoms with Crippen LogP contribution >= 0.6 is 11.6 Å². The molecule has 1 unspecified atom stereocenters. The maximum atomic E-state index is 12.4. The molecule has 1 fully saturated rings. The van der Waals surface area contributed by atoms with E-state index in [-0.39, 0.29) is 17.4 Å². The molecule has 6 heteroatoms. The van der Waals surface area contributed by atoms with Gasteiger partial charge in [0.1, 0.15) is 5.69 Å². The van der Waals surface area contributed by atoms with Crippen molar-refractivity contribution >= 4 is 23.2 Å². The fourth-order valence-corrected chi connectivity index (χ4v) is 3.13. The van der Waals surface area contributed by atoms with Gasteiger partial charge in [0.05, 0.1) is 24.1 Å². The number of carbonyl (C=O) groups excluding carboxylic acids is 1. The van der Waals surface area contributed by atoms with Crippen molar-refractivity contribution in [2.24, 2.45) is 11.3 Å². The van der Waals surface area contributed by atoms with Gasteiger partial charge in [0.2, 0.25) is 0 Å². The monoisotopic (exact) mass is 358 g/mol. The van der Waals surface area contributed by atoms with Crippen molar-refractivity contribution in [1.82, 2.24) is 15.3 Å². The van der Waals surface area contributed by atoms with Gasteiger partial charge in [-0.2, -0.15) is 0 Å². The quantitative estimate of drug-likeness (QED) is 0.867. The first-order valence-electron chi connectivity index (χ1n) is 8.45. The van der Waals surface area contributed by atoms with Crippen molar-refractivity contribution in [3.05, 3.63) is 53.1 Å². The summed E-state index contributed by atoms with van der Waals surface area (Å²) in [5, 5.41) is 6.94. The second-order valence-corrected chi connectivity index (χ2v) is 7.99. The van der Waals surface area contributed by atoms with E-state index < -0.39 is 0 Å². The number of rotatable bonds is 3. The van der Waals surface area contributed by atoms with Gasteiger partial charge in [-0.15, -0.1) is 0 Å². The normalized spacial score (nSPS) is 20.5. The molecule has 2 N–H and O–H groups in total. The van der Waals surface area contributed by atoms with Crippen LogP contribution in [0.3, 0.4) is 0 Å². The van der Waals surface area contributed by atoms with E-state index in [1.807, 2.05) is 0 Å². The van der Waals surface area contributed by atoms with E-state index in [2.05, 4.69) is 41.4 Å². The predicted molar refractivity (Wildman–Crippen MR) is 99.7 cm³/mol. The average molecular weight is 359 g/mol. The summed E-state index contributed by atoms with van der Waals surface area (Å²) >= 11 is 5.86. The molecule has 0 saturated carbocycles. The molecule has 0 aliphatic carbocycles. The minimum Gasteiger partial charge on any atom is -0.321 e. The van der Waals surface area contributed by atoms with Crippen LogP contribution in [0.15, 0.2) is 36.7 Å². The zero-order chi connectivity index (χ0) is 18.0. The summed E-state index contributed by atoms with van der Waals surface area (Å²) in [5.74, 6) is 0.299. The molecule has 0 bridgehead atoms. The van der Waals surface area contributed by atoms with Crippen LogP contribution in [-0.4, -0.2) is 22.4 Å². The molecule has 25 heavy (non-hydrogen) atoms. The largest absolute Gasteiger partial charge is 0.321 e. The van der Waals surface area contributed by atoms with Gasteiger partial charge in [0.25, 0.3) is 5.91 Å². The van der Waals surface area contributed by atoms with Crippen LogP contribution in [-0.2, 0) is 0 Å². The third-order valence-electron chi connectivity index (χ3n) is 4.70. The Kier molecular flexibility index (Phi) is 5.06. The smallest absolute Gasteiger partial charge is 0.275 e. The Bertz CT molecular complexity index is 755. The first kappa shape index (κ1) is 17.8. The van der Waals surface area contributed by atoms with Crippen molar-refractivity contribution in [3.63, 3.8) is 0 Å². The van der Waals surface area contributed by atoms with E-state index in [4.69, 9.17) is 11.6 Å². The Labute approximate surface area is 153 Å². The van der Waals surface area contributed by atoms with Crippen LogP contribution in [0.5, 0.6) is 0 Å². The molecule has 0 radical (unpaired) electrons. The lowest BCUT2D eigenvalue weighted by Crippen LogP contribution is -2.22. The first-order valence-corrected chi connectivity index (χ1v) is 8.83. The van der Waals surface area contributed by atoms with Crippen LogP contribution in [0.2, 0.25) is 5.02 Å². The fourth-order valence-electron chi connectivity index (χ4n) is 3.01. The Morgan fingerprint density at radius 1 is 1.24 bits per heavy atom. The van der Waals surface area contributed by atoms with Crippen molar-refractivity contribution in [3.8, 4) is 0 Å². The third kappa shape index (κ3) is 4.35. The van der Waals surface area contributed by atoms with E-state index in [9.17, 15) is 4.79 Å². The van der Waals surface area contributed by atoms with Gasteiger partial charge in [-0.25, -0.2) is 4.98 Å². The average Bonchev–Trinajstić information content (AvgIpc) is 3.07. The molecule has 132 valence electrons. The Balaban J connectivity index is 1.71. The van der Waals surface area contributed by atoms with Gasteiger partial charge >= 0.3 is 0 Å². The van der Waals surface area contributed by atoms with Gasteiger partial charge < -0.3 is 10.6 Å². The summed E-state index contributed by atoms with van der Waals surface area (Å²) in [6.45, 7) is 7.72. The van der Waals surface area contributed by atoms with Crippen molar-refractivity contribution in [2.45, 2.75) is 33.2 Å². The summed E-state index contributed by atoms with van der Waals surface area (Å²) < 4.78 is 0. The molecule has 3 rings (SSSR count). The SMILES string of the molecule is CC(C)(C)[C@@H]1CNC(c2cncc(C(=O)Nc3ccc(Cl)cc3)n2)C1. The summed E-state index contributed by atoms with van der Waals surface area (Å²) in [6.07, 6.45) is 4.23. The lowest BCUT2D eigenvalue weighted by Gasteiger charge is -2.26. The number of aromatic nitrogens is 2. The molecule has 1 aliphatic rings. The van der Waals surface area contributed by atoms with Crippen molar-refractivity contribution in [2.75, 3.05) is 11.9 Å². The number of benzene rings is 1. The van der Waals surface area contributed by atoms with E-state index in [0.717, 1.165) is 18.7 Å². The number of carbonyl (C=O) groups is 1. The Morgan fingerprint density at radius 3 is 2.60 bits per heavy atom. The third-order valence-corrected chi connectivity index (χ3v) is 4.95. The first-order chi connectivity index (χ1) is 11.8. The number of anilines is 1. The highest BCUT2D eigenvalue weighted by Gasteiger charge is 2.34. The van der Waals surface area contributed by atoms with Crippen molar-refractivity contribution < 1.29 is 4.79 Å². The van der Waals surface area contributed by atoms with E-state index in [1.165, 1.54) is 6.20 Å². The minimum absolute atomic E-state index is 0.139. The lowest BCUT2D eigenvalue weighted by atomic mass is 9.79. The molecule has 1 amide bonds. The van der Waals surface area contributed by atoms with Crippen LogP contribution in [0, 0.1) is 11.3 Å². The summed E-state index contributed by atoms with van der Waals surface area (Å²) in [4.78, 5) is 21.2. The highest BCUT2D eigenvalue weighted by Crippen LogP contribution is 2.37. The van der Waals surface area contributed by atoms with E-state index in [0.29, 0.717) is 22.3 Å². The number of nitrogens with one attached hydrogen (secondary N) is 2. The molecule has 0 spiro atoms. The molecule has 1 saturated heterocycles. The number of nitrogens with zero attached hydrogens (tertiary/aromatic N) is 2. The van der Waals surface area contributed by atoms with Crippen LogP contribution in [0.4, 0.5) is 5.69 Å². The molecule has 1 aliphatic heterocycles. The highest BCUT2D eigenvalue weighted by atomic mass is 35.5. The minimum atomic E-state index is -0.276. The topological polar surface area (TPSA) is 66.9 Å². The van der Waals surface area contributed by atoms with Crippen LogP contribution < -0.4 is 10.6 Å². The second kappa shape index (κ2) is 7.10. The molecular weight excluding hydrogens is 336 g/mol. The maximum absolute atomic E-state index is 12.4. The fraction of sp³-hybridized carbons (Fsp3) is 0.421. The zero-order valence-electron chi connectivity index (χ0n) is 14.7. The molecule has 1 aromatic heterocycles. The molecule has 2 atom stereocenters. The molecule has 1 aromatic carbocycles. The lowest BCUT2D eigenvalue weighted by molar-refractivity contribution is 0.102. The number of hydrogen-bond acceptors (Lipinski definition) is 4. The maximum Gasteiger partial charge on any atom is 0.275 e. The Morgan fingerprint density at radius 2 is 1.96 bits per heavy atom. The zero-order valence-corrected chi connectivity index (χ0v) is 15.5. The number of amides is 1. The van der Waals surface area contributed by atoms with E-state index in [1.54, 1.807) is 30.5 Å². The van der Waals surface area contributed by atoms with E-state index >= 15 is 0 Å².